The molecule has 0 fully saturated rings. The molecule has 7 nitrogen and oxygen atoms in total. The second-order valence-corrected chi connectivity index (χ2v) is 7.36. The third-order valence-corrected chi connectivity index (χ3v) is 5.22. The highest BCUT2D eigenvalue weighted by Gasteiger charge is 2.15. The van der Waals surface area contributed by atoms with Crippen LogP contribution >= 0.6 is 23.1 Å². The second kappa shape index (κ2) is 9.33. The molecule has 0 radical (unpaired) electrons. The van der Waals surface area contributed by atoms with E-state index in [-0.39, 0.29) is 18.3 Å². The van der Waals surface area contributed by atoms with Gasteiger partial charge in [-0.25, -0.2) is 4.98 Å². The normalized spacial score (nSPS) is 10.6. The van der Waals surface area contributed by atoms with Crippen molar-refractivity contribution in [1.29, 1.82) is 0 Å². The molecule has 9 heteroatoms. The van der Waals surface area contributed by atoms with Crippen LogP contribution in [0.4, 0.5) is 5.13 Å². The maximum Gasteiger partial charge on any atom is 0.236 e. The van der Waals surface area contributed by atoms with Crippen LogP contribution in [0, 0.1) is 6.92 Å². The minimum absolute atomic E-state index is 0.138. The summed E-state index contributed by atoms with van der Waals surface area (Å²) < 4.78 is 7.76. The van der Waals surface area contributed by atoms with Crippen LogP contribution in [-0.4, -0.2) is 31.4 Å². The number of carbonyl (C=O) groups is 1. The molecule has 0 bridgehead atoms. The molecule has 0 spiro atoms. The van der Waals surface area contributed by atoms with Gasteiger partial charge >= 0.3 is 0 Å². The van der Waals surface area contributed by atoms with Crippen LogP contribution in [0.15, 0.2) is 53.7 Å². The van der Waals surface area contributed by atoms with Gasteiger partial charge in [0.15, 0.2) is 16.1 Å². The van der Waals surface area contributed by atoms with Crippen molar-refractivity contribution in [2.45, 2.75) is 25.2 Å². The fourth-order valence-electron chi connectivity index (χ4n) is 2.28. The van der Waals surface area contributed by atoms with Gasteiger partial charge in [0.2, 0.25) is 5.91 Å². The van der Waals surface area contributed by atoms with E-state index in [2.05, 4.69) is 27.1 Å². The van der Waals surface area contributed by atoms with E-state index in [1.807, 2.05) is 41.1 Å². The van der Waals surface area contributed by atoms with Crippen molar-refractivity contribution < 1.29 is 9.53 Å². The molecule has 0 saturated heterocycles. The van der Waals surface area contributed by atoms with E-state index in [9.17, 15) is 4.79 Å². The van der Waals surface area contributed by atoms with Gasteiger partial charge in [-0.15, -0.1) is 28.1 Å². The van der Waals surface area contributed by atoms with Crippen molar-refractivity contribution in [3.63, 3.8) is 0 Å². The van der Waals surface area contributed by atoms with E-state index in [4.69, 9.17) is 4.74 Å². The molecule has 0 aliphatic heterocycles. The summed E-state index contributed by atoms with van der Waals surface area (Å²) in [5, 5.41) is 14.2. The number of hydrogen-bond acceptors (Lipinski definition) is 7. The summed E-state index contributed by atoms with van der Waals surface area (Å²) >= 11 is 2.69. The first-order valence-electron chi connectivity index (χ1n) is 8.21. The summed E-state index contributed by atoms with van der Waals surface area (Å²) in [6, 6.07) is 7.81. The number of allylic oxidation sites excluding steroid dienone is 1. The number of carbonyl (C=O) groups excluding carboxylic acids is 1. The summed E-state index contributed by atoms with van der Waals surface area (Å²) in [6.07, 6.45) is 3.41. The SMILES string of the molecule is C=CCn1c(COc2ccccc2C)nnc1SCC(=O)Nc1nccs1. The Balaban J connectivity index is 1.63. The molecule has 3 rings (SSSR count). The summed E-state index contributed by atoms with van der Waals surface area (Å²) in [5.74, 6) is 1.57. The molecule has 1 N–H and O–H groups in total. The highest BCUT2D eigenvalue weighted by atomic mass is 32.2. The zero-order valence-electron chi connectivity index (χ0n) is 14.8. The van der Waals surface area contributed by atoms with Crippen molar-refractivity contribution in [3.05, 3.63) is 59.9 Å². The first kappa shape index (κ1) is 19.1. The first-order chi connectivity index (χ1) is 13.2. The molecular formula is C18H19N5O2S2. The molecule has 0 unspecified atom stereocenters. The van der Waals surface area contributed by atoms with Gasteiger partial charge in [0.25, 0.3) is 0 Å². The standard InChI is InChI=1S/C18H19N5O2S2/c1-3-9-23-15(11-25-14-7-5-4-6-13(14)2)21-22-18(23)27-12-16(24)20-17-19-8-10-26-17/h3-8,10H,1,9,11-12H2,2H3,(H,19,20,24). The number of hydrogen-bond donors (Lipinski definition) is 1. The molecule has 27 heavy (non-hydrogen) atoms. The molecule has 2 aromatic heterocycles. The Morgan fingerprint density at radius 1 is 1.41 bits per heavy atom. The van der Waals surface area contributed by atoms with Crippen molar-refractivity contribution in [3.8, 4) is 5.75 Å². The largest absolute Gasteiger partial charge is 0.485 e. The van der Waals surface area contributed by atoms with Crippen LogP contribution < -0.4 is 10.1 Å². The van der Waals surface area contributed by atoms with Gasteiger partial charge in [-0.3, -0.25) is 9.36 Å². The number of nitrogens with one attached hydrogen (secondary N) is 1. The fraction of sp³-hybridized carbons (Fsp3) is 0.222. The summed E-state index contributed by atoms with van der Waals surface area (Å²) in [7, 11) is 0. The van der Waals surface area contributed by atoms with Crippen molar-refractivity contribution >= 4 is 34.1 Å². The molecule has 0 aliphatic rings. The highest BCUT2D eigenvalue weighted by Crippen LogP contribution is 2.21. The number of thioether (sulfide) groups is 1. The van der Waals surface area contributed by atoms with E-state index in [0.29, 0.717) is 22.7 Å². The Morgan fingerprint density at radius 2 is 2.26 bits per heavy atom. The topological polar surface area (TPSA) is 81.9 Å². The lowest BCUT2D eigenvalue weighted by atomic mass is 10.2. The predicted molar refractivity (Wildman–Crippen MR) is 107 cm³/mol. The van der Waals surface area contributed by atoms with Gasteiger partial charge in [0, 0.05) is 18.1 Å². The van der Waals surface area contributed by atoms with E-state index in [0.717, 1.165) is 11.3 Å². The van der Waals surface area contributed by atoms with Crippen molar-refractivity contribution in [2.24, 2.45) is 0 Å². The van der Waals surface area contributed by atoms with Crippen LogP contribution in [0.3, 0.4) is 0 Å². The van der Waals surface area contributed by atoms with Crippen LogP contribution in [0.5, 0.6) is 5.75 Å². The summed E-state index contributed by atoms with van der Waals surface area (Å²) in [5.41, 5.74) is 1.06. The van der Waals surface area contributed by atoms with E-state index in [1.165, 1.54) is 23.1 Å². The smallest absolute Gasteiger partial charge is 0.236 e. The van der Waals surface area contributed by atoms with Crippen LogP contribution in [-0.2, 0) is 17.9 Å². The van der Waals surface area contributed by atoms with Gasteiger partial charge in [0.1, 0.15) is 12.4 Å². The monoisotopic (exact) mass is 401 g/mol. The van der Waals surface area contributed by atoms with Gasteiger partial charge in [-0.2, -0.15) is 0 Å². The molecule has 1 aromatic carbocycles. The van der Waals surface area contributed by atoms with Gasteiger partial charge in [0.05, 0.1) is 5.75 Å². The number of aryl methyl sites for hydroxylation is 1. The zero-order valence-corrected chi connectivity index (χ0v) is 16.4. The third kappa shape index (κ3) is 5.18. The Bertz CT molecular complexity index is 908. The average Bonchev–Trinajstić information content (AvgIpc) is 3.30. The zero-order chi connectivity index (χ0) is 19.1. The number of benzene rings is 1. The summed E-state index contributed by atoms with van der Waals surface area (Å²) in [4.78, 5) is 16.1. The lowest BCUT2D eigenvalue weighted by Gasteiger charge is -2.10. The third-order valence-electron chi connectivity index (χ3n) is 3.57. The number of thiazole rings is 1. The summed E-state index contributed by atoms with van der Waals surface area (Å²) in [6.45, 7) is 6.60. The van der Waals surface area contributed by atoms with Crippen LogP contribution in [0.2, 0.25) is 0 Å². The Morgan fingerprint density at radius 3 is 3.00 bits per heavy atom. The number of amides is 1. The molecule has 1 amide bonds. The van der Waals surface area contributed by atoms with E-state index < -0.39 is 0 Å². The lowest BCUT2D eigenvalue weighted by molar-refractivity contribution is -0.113. The molecular weight excluding hydrogens is 382 g/mol. The first-order valence-corrected chi connectivity index (χ1v) is 10.1. The van der Waals surface area contributed by atoms with Crippen molar-refractivity contribution in [1.82, 2.24) is 19.7 Å². The van der Waals surface area contributed by atoms with E-state index >= 15 is 0 Å². The second-order valence-electron chi connectivity index (χ2n) is 5.53. The molecule has 2 heterocycles. The van der Waals surface area contributed by atoms with Crippen LogP contribution in [0.1, 0.15) is 11.4 Å². The molecule has 0 saturated carbocycles. The molecule has 0 aliphatic carbocycles. The Kier molecular flexibility index (Phi) is 6.61. The Labute approximate surface area is 165 Å². The average molecular weight is 402 g/mol. The van der Waals surface area contributed by atoms with Gasteiger partial charge in [-0.1, -0.05) is 36.0 Å². The number of aromatic nitrogens is 4. The van der Waals surface area contributed by atoms with Gasteiger partial charge in [-0.05, 0) is 18.6 Å². The fourth-order valence-corrected chi connectivity index (χ4v) is 3.59. The quantitative estimate of drug-likeness (QED) is 0.436. The maximum atomic E-state index is 12.0. The lowest BCUT2D eigenvalue weighted by Crippen LogP contribution is -2.14. The molecule has 140 valence electrons. The number of nitrogens with zero attached hydrogens (tertiary/aromatic N) is 4. The van der Waals surface area contributed by atoms with Crippen molar-refractivity contribution in [2.75, 3.05) is 11.1 Å². The Hall–Kier alpha value is -2.65. The van der Waals surface area contributed by atoms with Crippen LogP contribution in [0.25, 0.3) is 0 Å². The number of anilines is 1. The number of ether oxygens (including phenoxy) is 1. The van der Waals surface area contributed by atoms with Gasteiger partial charge < -0.3 is 10.1 Å². The molecule has 0 atom stereocenters. The molecule has 3 aromatic rings. The van der Waals surface area contributed by atoms with E-state index in [1.54, 1.807) is 12.3 Å². The minimum atomic E-state index is -0.138. The highest BCUT2D eigenvalue weighted by molar-refractivity contribution is 7.99. The number of para-hydroxylation sites is 1. The minimum Gasteiger partial charge on any atom is -0.485 e. The number of rotatable bonds is 9. The maximum absolute atomic E-state index is 12.0. The predicted octanol–water partition coefficient (Wildman–Crippen LogP) is 3.54.